The minimum atomic E-state index is 0.354. The second-order valence-electron chi connectivity index (χ2n) is 6.03. The molecule has 1 aromatic rings. The molecule has 1 N–H and O–H groups in total. The first-order chi connectivity index (χ1) is 9.63. The summed E-state index contributed by atoms with van der Waals surface area (Å²) in [6, 6.07) is 8.64. The zero-order valence-corrected chi connectivity index (χ0v) is 13.6. The Balaban J connectivity index is 2.42. The van der Waals surface area contributed by atoms with E-state index in [9.17, 15) is 0 Å². The first-order valence-corrected chi connectivity index (χ1v) is 8.02. The predicted octanol–water partition coefficient (Wildman–Crippen LogP) is 4.18. The van der Waals surface area contributed by atoms with Crippen molar-refractivity contribution in [3.63, 3.8) is 0 Å². The van der Waals surface area contributed by atoms with Gasteiger partial charge < -0.3 is 10.1 Å². The number of rotatable bonds is 10. The number of benzene rings is 1. The monoisotopic (exact) mass is 277 g/mol. The van der Waals surface area contributed by atoms with E-state index >= 15 is 0 Å². The summed E-state index contributed by atoms with van der Waals surface area (Å²) in [5.41, 5.74) is 2.74. The summed E-state index contributed by atoms with van der Waals surface area (Å²) in [5.74, 6) is 0.712. The first-order valence-electron chi connectivity index (χ1n) is 8.02. The van der Waals surface area contributed by atoms with Crippen LogP contribution in [0.15, 0.2) is 24.3 Å². The molecule has 2 nitrogen and oxygen atoms in total. The Morgan fingerprint density at radius 2 is 1.80 bits per heavy atom. The van der Waals surface area contributed by atoms with Gasteiger partial charge in [0.25, 0.3) is 0 Å². The zero-order chi connectivity index (χ0) is 14.8. The van der Waals surface area contributed by atoms with E-state index < -0.39 is 0 Å². The second kappa shape index (κ2) is 9.95. The highest BCUT2D eigenvalue weighted by Crippen LogP contribution is 2.13. The number of nitrogens with one attached hydrogen (secondary N) is 1. The van der Waals surface area contributed by atoms with Crippen LogP contribution >= 0.6 is 0 Å². The van der Waals surface area contributed by atoms with Gasteiger partial charge in [-0.25, -0.2) is 0 Å². The zero-order valence-electron chi connectivity index (χ0n) is 13.6. The lowest BCUT2D eigenvalue weighted by Gasteiger charge is -2.15. The summed E-state index contributed by atoms with van der Waals surface area (Å²) in [4.78, 5) is 0. The predicted molar refractivity (Wildman–Crippen MR) is 87.0 cm³/mol. The smallest absolute Gasteiger partial charge is 0.0723 e. The minimum absolute atomic E-state index is 0.354. The van der Waals surface area contributed by atoms with Crippen molar-refractivity contribution in [2.75, 3.05) is 13.1 Å². The van der Waals surface area contributed by atoms with Crippen molar-refractivity contribution >= 4 is 0 Å². The molecule has 0 aromatic heterocycles. The van der Waals surface area contributed by atoms with Crippen LogP contribution in [-0.2, 0) is 17.8 Å². The molecule has 114 valence electrons. The molecule has 1 aromatic carbocycles. The molecular weight excluding hydrogens is 246 g/mol. The van der Waals surface area contributed by atoms with E-state index in [0.717, 1.165) is 32.5 Å². The average Bonchev–Trinajstić information content (AvgIpc) is 2.42. The lowest BCUT2D eigenvalue weighted by atomic mass is 10.0. The van der Waals surface area contributed by atoms with Crippen LogP contribution in [-0.4, -0.2) is 19.2 Å². The molecule has 0 saturated heterocycles. The maximum Gasteiger partial charge on any atom is 0.0723 e. The summed E-state index contributed by atoms with van der Waals surface area (Å²) in [6.45, 7) is 11.7. The molecule has 0 spiro atoms. The van der Waals surface area contributed by atoms with Gasteiger partial charge in [-0.05, 0) is 49.9 Å². The van der Waals surface area contributed by atoms with Crippen LogP contribution in [0.3, 0.4) is 0 Å². The van der Waals surface area contributed by atoms with Gasteiger partial charge in [0.15, 0.2) is 0 Å². The van der Waals surface area contributed by atoms with Crippen LogP contribution in [0.2, 0.25) is 0 Å². The van der Waals surface area contributed by atoms with Crippen LogP contribution in [0.1, 0.15) is 51.7 Å². The summed E-state index contributed by atoms with van der Waals surface area (Å²) in [5, 5.41) is 3.50. The van der Waals surface area contributed by atoms with E-state index in [-0.39, 0.29) is 0 Å². The molecule has 1 unspecified atom stereocenters. The number of ether oxygens (including phenoxy) is 1. The van der Waals surface area contributed by atoms with Crippen molar-refractivity contribution in [3.05, 3.63) is 35.4 Å². The van der Waals surface area contributed by atoms with Crippen molar-refractivity contribution in [1.82, 2.24) is 5.32 Å². The maximum atomic E-state index is 5.93. The third-order valence-corrected chi connectivity index (χ3v) is 3.46. The molecule has 0 aliphatic heterocycles. The highest BCUT2D eigenvalue weighted by Gasteiger charge is 2.05. The topological polar surface area (TPSA) is 21.3 Å². The van der Waals surface area contributed by atoms with Crippen LogP contribution < -0.4 is 5.32 Å². The van der Waals surface area contributed by atoms with Crippen LogP contribution in [0.25, 0.3) is 0 Å². The van der Waals surface area contributed by atoms with E-state index in [2.05, 4.69) is 57.3 Å². The standard InChI is InChI=1S/C18H31NO/c1-5-8-16(4)20-14-18-10-7-6-9-17(18)11-12-19-13-15(2)3/h6-7,9-10,15-16,19H,5,8,11-14H2,1-4H3. The normalized spacial score (nSPS) is 12.8. The Kier molecular flexibility index (Phi) is 8.56. The summed E-state index contributed by atoms with van der Waals surface area (Å²) in [7, 11) is 0. The van der Waals surface area contributed by atoms with Crippen molar-refractivity contribution in [2.24, 2.45) is 5.92 Å². The summed E-state index contributed by atoms with van der Waals surface area (Å²) < 4.78 is 5.93. The second-order valence-corrected chi connectivity index (χ2v) is 6.03. The Morgan fingerprint density at radius 1 is 1.10 bits per heavy atom. The van der Waals surface area contributed by atoms with Crippen molar-refractivity contribution in [2.45, 2.75) is 59.7 Å². The lowest BCUT2D eigenvalue weighted by Crippen LogP contribution is -2.22. The first kappa shape index (κ1) is 17.2. The lowest BCUT2D eigenvalue weighted by molar-refractivity contribution is 0.0468. The molecule has 0 aliphatic rings. The van der Waals surface area contributed by atoms with E-state index in [1.54, 1.807) is 0 Å². The van der Waals surface area contributed by atoms with Gasteiger partial charge in [-0.1, -0.05) is 51.5 Å². The molecule has 0 saturated carbocycles. The molecule has 1 atom stereocenters. The highest BCUT2D eigenvalue weighted by molar-refractivity contribution is 5.26. The Morgan fingerprint density at radius 3 is 2.45 bits per heavy atom. The average molecular weight is 277 g/mol. The van der Waals surface area contributed by atoms with Crippen LogP contribution in [0.4, 0.5) is 0 Å². The fourth-order valence-corrected chi connectivity index (χ4v) is 2.28. The van der Waals surface area contributed by atoms with Gasteiger partial charge in [0, 0.05) is 0 Å². The molecule has 0 fully saturated rings. The molecule has 20 heavy (non-hydrogen) atoms. The largest absolute Gasteiger partial charge is 0.374 e. The SMILES string of the molecule is CCCC(C)OCc1ccccc1CCNCC(C)C. The molecule has 0 radical (unpaired) electrons. The molecule has 1 rings (SSSR count). The molecule has 2 heteroatoms. The fraction of sp³-hybridized carbons (Fsp3) is 0.667. The van der Waals surface area contributed by atoms with Gasteiger partial charge in [0.05, 0.1) is 12.7 Å². The third kappa shape index (κ3) is 7.06. The molecule has 0 bridgehead atoms. The van der Waals surface area contributed by atoms with Gasteiger partial charge in [0.1, 0.15) is 0 Å². The minimum Gasteiger partial charge on any atom is -0.374 e. The molecule has 0 heterocycles. The van der Waals surface area contributed by atoms with E-state index in [4.69, 9.17) is 4.74 Å². The van der Waals surface area contributed by atoms with E-state index in [0.29, 0.717) is 12.0 Å². The fourth-order valence-electron chi connectivity index (χ4n) is 2.28. The Hall–Kier alpha value is -0.860. The summed E-state index contributed by atoms with van der Waals surface area (Å²) >= 11 is 0. The van der Waals surface area contributed by atoms with Crippen LogP contribution in [0, 0.1) is 5.92 Å². The molecule has 0 aliphatic carbocycles. The van der Waals surface area contributed by atoms with Crippen molar-refractivity contribution < 1.29 is 4.74 Å². The Bertz CT molecular complexity index is 362. The van der Waals surface area contributed by atoms with Gasteiger partial charge in [0.2, 0.25) is 0 Å². The number of hydrogen-bond donors (Lipinski definition) is 1. The van der Waals surface area contributed by atoms with E-state index in [1.807, 2.05) is 0 Å². The van der Waals surface area contributed by atoms with Gasteiger partial charge in [-0.15, -0.1) is 0 Å². The number of hydrogen-bond acceptors (Lipinski definition) is 2. The Labute approximate surface area is 124 Å². The third-order valence-electron chi connectivity index (χ3n) is 3.46. The molecule has 0 amide bonds. The summed E-state index contributed by atoms with van der Waals surface area (Å²) in [6.07, 6.45) is 3.75. The maximum absolute atomic E-state index is 5.93. The van der Waals surface area contributed by atoms with Gasteiger partial charge in [-0.3, -0.25) is 0 Å². The van der Waals surface area contributed by atoms with Crippen LogP contribution in [0.5, 0.6) is 0 Å². The van der Waals surface area contributed by atoms with Gasteiger partial charge >= 0.3 is 0 Å². The quantitative estimate of drug-likeness (QED) is 0.648. The highest BCUT2D eigenvalue weighted by atomic mass is 16.5. The van der Waals surface area contributed by atoms with Gasteiger partial charge in [-0.2, -0.15) is 0 Å². The van der Waals surface area contributed by atoms with E-state index in [1.165, 1.54) is 17.5 Å². The van der Waals surface area contributed by atoms with Crippen molar-refractivity contribution in [3.8, 4) is 0 Å². The van der Waals surface area contributed by atoms with Crippen molar-refractivity contribution in [1.29, 1.82) is 0 Å². The molecular formula is C18H31NO.